The number of amides is 1. The minimum Gasteiger partial charge on any atom is -0.382 e. The van der Waals surface area contributed by atoms with Crippen molar-refractivity contribution in [1.82, 2.24) is 4.90 Å². The molecule has 0 saturated heterocycles. The van der Waals surface area contributed by atoms with Gasteiger partial charge in [-0.05, 0) is 43.4 Å². The number of anilines is 1. The molecular weight excluding hydrogens is 248 g/mol. The number of nitrogens with one attached hydrogen (secondary N) is 1. The van der Waals surface area contributed by atoms with Gasteiger partial charge in [-0.25, -0.2) is 0 Å². The van der Waals surface area contributed by atoms with Gasteiger partial charge in [-0.2, -0.15) is 0 Å². The summed E-state index contributed by atoms with van der Waals surface area (Å²) in [6.45, 7) is 4.42. The molecule has 20 heavy (non-hydrogen) atoms. The number of hydrogen-bond donors (Lipinski definition) is 1. The van der Waals surface area contributed by atoms with Crippen molar-refractivity contribution in [2.24, 2.45) is 5.92 Å². The van der Waals surface area contributed by atoms with E-state index in [-0.39, 0.29) is 5.91 Å². The van der Waals surface area contributed by atoms with Crippen molar-refractivity contribution in [3.63, 3.8) is 0 Å². The molecule has 1 amide bonds. The SMILES string of the molecule is Cc1ccc(C(=O)N(C)C)cc1NC1CCCCC1C. The maximum absolute atomic E-state index is 12.1. The molecule has 2 unspecified atom stereocenters. The Balaban J connectivity index is 2.18. The average Bonchev–Trinajstić information content (AvgIpc) is 2.42. The quantitative estimate of drug-likeness (QED) is 0.911. The lowest BCUT2D eigenvalue weighted by Gasteiger charge is -2.31. The molecule has 0 radical (unpaired) electrons. The van der Waals surface area contributed by atoms with Crippen LogP contribution < -0.4 is 5.32 Å². The van der Waals surface area contributed by atoms with Gasteiger partial charge in [0.15, 0.2) is 0 Å². The van der Waals surface area contributed by atoms with Crippen molar-refractivity contribution in [2.75, 3.05) is 19.4 Å². The molecule has 0 spiro atoms. The summed E-state index contributed by atoms with van der Waals surface area (Å²) in [5, 5.41) is 3.66. The van der Waals surface area contributed by atoms with Gasteiger partial charge in [-0.3, -0.25) is 4.79 Å². The molecule has 1 saturated carbocycles. The fraction of sp³-hybridized carbons (Fsp3) is 0.588. The van der Waals surface area contributed by atoms with Crippen molar-refractivity contribution in [3.8, 4) is 0 Å². The molecule has 1 aromatic carbocycles. The summed E-state index contributed by atoms with van der Waals surface area (Å²) in [5.74, 6) is 0.765. The summed E-state index contributed by atoms with van der Waals surface area (Å²) in [4.78, 5) is 13.7. The summed E-state index contributed by atoms with van der Waals surface area (Å²) in [5.41, 5.74) is 3.07. The van der Waals surface area contributed by atoms with Gasteiger partial charge in [-0.15, -0.1) is 0 Å². The van der Waals surface area contributed by atoms with E-state index in [0.717, 1.165) is 11.3 Å². The maximum Gasteiger partial charge on any atom is 0.253 e. The second-order valence-electron chi connectivity index (χ2n) is 6.24. The third-order valence-corrected chi connectivity index (χ3v) is 4.34. The van der Waals surface area contributed by atoms with E-state index in [0.29, 0.717) is 12.0 Å². The van der Waals surface area contributed by atoms with Gasteiger partial charge in [0.25, 0.3) is 5.91 Å². The molecule has 1 N–H and O–H groups in total. The van der Waals surface area contributed by atoms with Crippen LogP contribution in [0.2, 0.25) is 0 Å². The van der Waals surface area contributed by atoms with Crippen LogP contribution in [0.15, 0.2) is 18.2 Å². The fourth-order valence-corrected chi connectivity index (χ4v) is 2.90. The number of carbonyl (C=O) groups is 1. The van der Waals surface area contributed by atoms with Gasteiger partial charge in [0.1, 0.15) is 0 Å². The lowest BCUT2D eigenvalue weighted by atomic mass is 9.85. The van der Waals surface area contributed by atoms with Crippen LogP contribution in [0.5, 0.6) is 0 Å². The summed E-state index contributed by atoms with van der Waals surface area (Å²) in [6.07, 6.45) is 5.17. The minimum absolute atomic E-state index is 0.0599. The van der Waals surface area contributed by atoms with E-state index in [2.05, 4.69) is 19.2 Å². The first-order valence-electron chi connectivity index (χ1n) is 7.58. The minimum atomic E-state index is 0.0599. The van der Waals surface area contributed by atoms with E-state index in [9.17, 15) is 4.79 Å². The first-order chi connectivity index (χ1) is 9.49. The number of aryl methyl sites for hydroxylation is 1. The Morgan fingerprint density at radius 3 is 2.60 bits per heavy atom. The lowest BCUT2D eigenvalue weighted by molar-refractivity contribution is 0.0827. The Bertz CT molecular complexity index is 482. The zero-order valence-corrected chi connectivity index (χ0v) is 13.1. The predicted molar refractivity (Wildman–Crippen MR) is 84.2 cm³/mol. The molecule has 0 bridgehead atoms. The summed E-state index contributed by atoms with van der Waals surface area (Å²) >= 11 is 0. The second kappa shape index (κ2) is 6.29. The Labute approximate surface area is 122 Å². The smallest absolute Gasteiger partial charge is 0.253 e. The van der Waals surface area contributed by atoms with Crippen molar-refractivity contribution in [2.45, 2.75) is 45.6 Å². The highest BCUT2D eigenvalue weighted by Crippen LogP contribution is 2.28. The molecule has 110 valence electrons. The topological polar surface area (TPSA) is 32.3 Å². The molecule has 3 heteroatoms. The standard InChI is InChI=1S/C17H26N2O/c1-12-7-5-6-8-15(12)18-16-11-14(10-9-13(16)2)17(20)19(3)4/h9-12,15,18H,5-8H2,1-4H3. The highest BCUT2D eigenvalue weighted by atomic mass is 16.2. The summed E-state index contributed by atoms with van der Waals surface area (Å²) < 4.78 is 0. The molecule has 2 rings (SSSR count). The maximum atomic E-state index is 12.1. The molecule has 1 fully saturated rings. The van der Waals surface area contributed by atoms with E-state index in [1.165, 1.54) is 31.2 Å². The van der Waals surface area contributed by atoms with Crippen molar-refractivity contribution in [1.29, 1.82) is 0 Å². The molecule has 0 aromatic heterocycles. The van der Waals surface area contributed by atoms with Crippen LogP contribution in [0.4, 0.5) is 5.69 Å². The first kappa shape index (κ1) is 14.9. The van der Waals surface area contributed by atoms with Gasteiger partial charge in [-0.1, -0.05) is 25.8 Å². The lowest BCUT2D eigenvalue weighted by Crippen LogP contribution is -2.30. The largest absolute Gasteiger partial charge is 0.382 e. The number of benzene rings is 1. The number of carbonyl (C=O) groups excluding carboxylic acids is 1. The Morgan fingerprint density at radius 1 is 1.25 bits per heavy atom. The van der Waals surface area contributed by atoms with Gasteiger partial charge in [0.05, 0.1) is 0 Å². The molecule has 3 nitrogen and oxygen atoms in total. The first-order valence-corrected chi connectivity index (χ1v) is 7.58. The number of rotatable bonds is 3. The van der Waals surface area contributed by atoms with Crippen molar-refractivity contribution < 1.29 is 4.79 Å². The Morgan fingerprint density at radius 2 is 1.95 bits per heavy atom. The van der Waals surface area contributed by atoms with E-state index in [1.807, 2.05) is 18.2 Å². The zero-order chi connectivity index (χ0) is 14.7. The van der Waals surface area contributed by atoms with E-state index in [4.69, 9.17) is 0 Å². The molecule has 0 aliphatic heterocycles. The van der Waals surface area contributed by atoms with Crippen LogP contribution in [-0.2, 0) is 0 Å². The third kappa shape index (κ3) is 3.33. The summed E-state index contributed by atoms with van der Waals surface area (Å²) in [7, 11) is 3.58. The normalized spacial score (nSPS) is 22.4. The molecular formula is C17H26N2O. The molecule has 2 atom stereocenters. The molecule has 1 aliphatic rings. The molecule has 0 heterocycles. The van der Waals surface area contributed by atoms with Crippen molar-refractivity contribution in [3.05, 3.63) is 29.3 Å². The van der Waals surface area contributed by atoms with Crippen LogP contribution in [-0.4, -0.2) is 30.9 Å². The van der Waals surface area contributed by atoms with E-state index in [1.54, 1.807) is 19.0 Å². The number of nitrogens with zero attached hydrogens (tertiary/aromatic N) is 1. The van der Waals surface area contributed by atoms with Crippen LogP contribution in [0.3, 0.4) is 0 Å². The highest BCUT2D eigenvalue weighted by Gasteiger charge is 2.21. The Kier molecular flexibility index (Phi) is 4.69. The third-order valence-electron chi connectivity index (χ3n) is 4.34. The van der Waals surface area contributed by atoms with Gasteiger partial charge in [0, 0.05) is 31.4 Å². The summed E-state index contributed by atoms with van der Waals surface area (Å²) in [6, 6.07) is 6.48. The van der Waals surface area contributed by atoms with Crippen LogP contribution in [0, 0.1) is 12.8 Å². The fourth-order valence-electron chi connectivity index (χ4n) is 2.90. The molecule has 1 aliphatic carbocycles. The van der Waals surface area contributed by atoms with Gasteiger partial charge >= 0.3 is 0 Å². The second-order valence-corrected chi connectivity index (χ2v) is 6.24. The van der Waals surface area contributed by atoms with Crippen LogP contribution in [0.25, 0.3) is 0 Å². The van der Waals surface area contributed by atoms with Crippen LogP contribution >= 0.6 is 0 Å². The average molecular weight is 274 g/mol. The van der Waals surface area contributed by atoms with Crippen molar-refractivity contribution >= 4 is 11.6 Å². The van der Waals surface area contributed by atoms with Gasteiger partial charge in [0.2, 0.25) is 0 Å². The number of hydrogen-bond acceptors (Lipinski definition) is 2. The Hall–Kier alpha value is -1.51. The molecule has 1 aromatic rings. The predicted octanol–water partition coefficient (Wildman–Crippen LogP) is 3.69. The van der Waals surface area contributed by atoms with E-state index >= 15 is 0 Å². The van der Waals surface area contributed by atoms with Crippen LogP contribution in [0.1, 0.15) is 48.5 Å². The van der Waals surface area contributed by atoms with Gasteiger partial charge < -0.3 is 10.2 Å². The highest BCUT2D eigenvalue weighted by molar-refractivity contribution is 5.95. The monoisotopic (exact) mass is 274 g/mol. The van der Waals surface area contributed by atoms with E-state index < -0.39 is 0 Å². The zero-order valence-electron chi connectivity index (χ0n) is 13.1.